The molecule has 1 aromatic carbocycles. The fraction of sp³-hybridized carbons (Fsp3) is 0.625. The van der Waals surface area contributed by atoms with Gasteiger partial charge in [-0.2, -0.15) is 0 Å². The lowest BCUT2D eigenvalue weighted by Crippen LogP contribution is -2.41. The van der Waals surface area contributed by atoms with Crippen LogP contribution in [0.4, 0.5) is 4.39 Å². The Morgan fingerprint density at radius 2 is 2.11 bits per heavy atom. The number of hydrogen-bond donors (Lipinski definition) is 1. The van der Waals surface area contributed by atoms with Crippen LogP contribution in [0.2, 0.25) is 0 Å². The summed E-state index contributed by atoms with van der Waals surface area (Å²) in [6.07, 6.45) is 7.84. The number of halogens is 2. The van der Waals surface area contributed by atoms with Crippen LogP contribution >= 0.6 is 15.9 Å². The molecule has 1 aliphatic rings. The highest BCUT2D eigenvalue weighted by Gasteiger charge is 2.29. The van der Waals surface area contributed by atoms with Crippen LogP contribution in [0, 0.1) is 11.7 Å². The second kappa shape index (κ2) is 6.36. The number of benzene rings is 1. The molecule has 1 saturated carbocycles. The Hall–Kier alpha value is -0.410. The van der Waals surface area contributed by atoms with Gasteiger partial charge in [-0.3, -0.25) is 0 Å². The van der Waals surface area contributed by atoms with Gasteiger partial charge in [0.25, 0.3) is 0 Å². The van der Waals surface area contributed by atoms with Crippen LogP contribution in [0.3, 0.4) is 0 Å². The Bertz CT molecular complexity index is 415. The maximum atomic E-state index is 13.4. The molecule has 0 saturated heterocycles. The molecule has 0 aromatic heterocycles. The van der Waals surface area contributed by atoms with Crippen LogP contribution < -0.4 is 5.73 Å². The highest BCUT2D eigenvalue weighted by atomic mass is 79.9. The van der Waals surface area contributed by atoms with Gasteiger partial charge in [-0.25, -0.2) is 4.39 Å². The Balaban J connectivity index is 2.07. The van der Waals surface area contributed by atoms with Gasteiger partial charge in [0.05, 0.1) is 0 Å². The van der Waals surface area contributed by atoms with Crippen molar-refractivity contribution in [2.24, 2.45) is 11.7 Å². The fourth-order valence-corrected chi connectivity index (χ4v) is 3.72. The average Bonchev–Trinajstić information content (AvgIpc) is 2.49. The van der Waals surface area contributed by atoms with Gasteiger partial charge in [-0.05, 0) is 55.4 Å². The molecule has 19 heavy (non-hydrogen) atoms. The first-order chi connectivity index (χ1) is 9.00. The van der Waals surface area contributed by atoms with Crippen molar-refractivity contribution >= 4 is 15.9 Å². The van der Waals surface area contributed by atoms with Crippen LogP contribution in [0.1, 0.15) is 51.0 Å². The van der Waals surface area contributed by atoms with E-state index in [-0.39, 0.29) is 11.4 Å². The summed E-state index contributed by atoms with van der Waals surface area (Å²) in [5, 5.41) is 0. The monoisotopic (exact) mass is 327 g/mol. The highest BCUT2D eigenvalue weighted by Crippen LogP contribution is 2.33. The second-order valence-electron chi connectivity index (χ2n) is 6.02. The summed E-state index contributed by atoms with van der Waals surface area (Å²) >= 11 is 3.35. The maximum Gasteiger partial charge on any atom is 0.124 e. The molecule has 106 valence electrons. The third-order valence-corrected chi connectivity index (χ3v) is 4.85. The molecule has 0 aliphatic heterocycles. The molecule has 0 spiro atoms. The molecular formula is C16H23BrFN. The van der Waals surface area contributed by atoms with E-state index in [2.05, 4.69) is 22.9 Å². The summed E-state index contributed by atoms with van der Waals surface area (Å²) in [4.78, 5) is 0. The number of rotatable bonds is 3. The SMILES string of the molecule is CCC1CCCC(N)(Cc2cc(F)cc(Br)c2)CC1. The lowest BCUT2D eigenvalue weighted by Gasteiger charge is -2.28. The normalized spacial score (nSPS) is 28.1. The van der Waals surface area contributed by atoms with Crippen LogP contribution in [0.15, 0.2) is 22.7 Å². The van der Waals surface area contributed by atoms with Crippen molar-refractivity contribution in [2.45, 2.75) is 57.4 Å². The Morgan fingerprint density at radius 1 is 1.32 bits per heavy atom. The Labute approximate surface area is 123 Å². The van der Waals surface area contributed by atoms with Gasteiger partial charge < -0.3 is 5.73 Å². The quantitative estimate of drug-likeness (QED) is 0.791. The molecule has 1 nitrogen and oxygen atoms in total. The predicted molar refractivity (Wildman–Crippen MR) is 81.6 cm³/mol. The van der Waals surface area contributed by atoms with Gasteiger partial charge in [0.2, 0.25) is 0 Å². The zero-order chi connectivity index (χ0) is 13.9. The van der Waals surface area contributed by atoms with Crippen molar-refractivity contribution in [3.63, 3.8) is 0 Å². The van der Waals surface area contributed by atoms with E-state index in [0.29, 0.717) is 0 Å². The minimum absolute atomic E-state index is 0.156. The number of nitrogens with two attached hydrogens (primary N) is 1. The largest absolute Gasteiger partial charge is 0.325 e. The van der Waals surface area contributed by atoms with Crippen molar-refractivity contribution in [3.05, 3.63) is 34.1 Å². The van der Waals surface area contributed by atoms with Crippen LogP contribution in [0.5, 0.6) is 0 Å². The summed E-state index contributed by atoms with van der Waals surface area (Å²) in [5.74, 6) is 0.637. The van der Waals surface area contributed by atoms with Crippen molar-refractivity contribution in [2.75, 3.05) is 0 Å². The van der Waals surface area contributed by atoms with Crippen molar-refractivity contribution in [3.8, 4) is 0 Å². The number of hydrogen-bond acceptors (Lipinski definition) is 1. The molecule has 1 aromatic rings. The predicted octanol–water partition coefficient (Wildman–Crippen LogP) is 4.82. The van der Waals surface area contributed by atoms with E-state index in [1.807, 2.05) is 6.07 Å². The second-order valence-corrected chi connectivity index (χ2v) is 6.94. The summed E-state index contributed by atoms with van der Waals surface area (Å²) < 4.78 is 14.2. The molecule has 3 heteroatoms. The molecule has 0 heterocycles. The molecule has 2 unspecified atom stereocenters. The third kappa shape index (κ3) is 4.28. The van der Waals surface area contributed by atoms with Gasteiger partial charge in [-0.1, -0.05) is 42.1 Å². The molecule has 0 amide bonds. The first-order valence-electron chi connectivity index (χ1n) is 7.24. The van der Waals surface area contributed by atoms with Crippen LogP contribution in [-0.4, -0.2) is 5.54 Å². The van der Waals surface area contributed by atoms with E-state index in [9.17, 15) is 4.39 Å². The van der Waals surface area contributed by atoms with Crippen LogP contribution in [-0.2, 0) is 6.42 Å². The highest BCUT2D eigenvalue weighted by molar-refractivity contribution is 9.10. The topological polar surface area (TPSA) is 26.0 Å². The smallest absolute Gasteiger partial charge is 0.124 e. The zero-order valence-corrected chi connectivity index (χ0v) is 13.2. The molecule has 1 aliphatic carbocycles. The summed E-state index contributed by atoms with van der Waals surface area (Å²) in [5.41, 5.74) is 7.42. The molecule has 2 N–H and O–H groups in total. The van der Waals surface area contributed by atoms with E-state index in [4.69, 9.17) is 5.73 Å². The standard InChI is InChI=1S/C16H23BrFN/c1-2-12-4-3-6-16(19,7-5-12)11-13-8-14(17)10-15(18)9-13/h8-10,12H,2-7,11,19H2,1H3. The lowest BCUT2D eigenvalue weighted by atomic mass is 9.84. The van der Waals surface area contributed by atoms with E-state index < -0.39 is 0 Å². The maximum absolute atomic E-state index is 13.4. The first-order valence-corrected chi connectivity index (χ1v) is 8.04. The molecule has 1 fully saturated rings. The molecule has 0 radical (unpaired) electrons. The van der Waals surface area contributed by atoms with Gasteiger partial charge in [0, 0.05) is 10.0 Å². The van der Waals surface area contributed by atoms with E-state index in [0.717, 1.165) is 35.2 Å². The summed E-state index contributed by atoms with van der Waals surface area (Å²) in [6, 6.07) is 5.09. The van der Waals surface area contributed by atoms with Gasteiger partial charge in [-0.15, -0.1) is 0 Å². The lowest BCUT2D eigenvalue weighted by molar-refractivity contribution is 0.358. The van der Waals surface area contributed by atoms with Crippen molar-refractivity contribution in [1.82, 2.24) is 0 Å². The van der Waals surface area contributed by atoms with Gasteiger partial charge in [0.15, 0.2) is 0 Å². The molecule has 2 atom stereocenters. The Kier molecular flexibility index (Phi) is 5.02. The van der Waals surface area contributed by atoms with Gasteiger partial charge in [0.1, 0.15) is 5.82 Å². The fourth-order valence-electron chi connectivity index (χ4n) is 3.21. The Morgan fingerprint density at radius 3 is 2.79 bits per heavy atom. The van der Waals surface area contributed by atoms with E-state index in [1.165, 1.54) is 31.7 Å². The first kappa shape index (κ1) is 15.0. The minimum Gasteiger partial charge on any atom is -0.325 e. The van der Waals surface area contributed by atoms with Gasteiger partial charge >= 0.3 is 0 Å². The molecular weight excluding hydrogens is 305 g/mol. The summed E-state index contributed by atoms with van der Waals surface area (Å²) in [7, 11) is 0. The molecule has 0 bridgehead atoms. The third-order valence-electron chi connectivity index (χ3n) is 4.39. The zero-order valence-electron chi connectivity index (χ0n) is 11.6. The van der Waals surface area contributed by atoms with Crippen LogP contribution in [0.25, 0.3) is 0 Å². The average molecular weight is 328 g/mol. The van der Waals surface area contributed by atoms with Crippen molar-refractivity contribution in [1.29, 1.82) is 0 Å². The van der Waals surface area contributed by atoms with E-state index >= 15 is 0 Å². The summed E-state index contributed by atoms with van der Waals surface area (Å²) in [6.45, 7) is 2.26. The van der Waals surface area contributed by atoms with Crippen molar-refractivity contribution < 1.29 is 4.39 Å². The van der Waals surface area contributed by atoms with E-state index in [1.54, 1.807) is 6.07 Å². The minimum atomic E-state index is -0.187. The molecule has 2 rings (SSSR count).